The Bertz CT molecular complexity index is 1170. The second-order valence-electron chi connectivity index (χ2n) is 9.51. The van der Waals surface area contributed by atoms with Crippen LogP contribution < -0.4 is 10.9 Å². The SMILES string of the molecule is CCC(C)Cn1c(=O)ccc2cnc(N[C@@H](C)c3ccc(CN4CCC(F)(F)CC4)cc3)nc21. The third-order valence-electron chi connectivity index (χ3n) is 6.73. The van der Waals surface area contributed by atoms with Crippen LogP contribution in [0.1, 0.15) is 57.2 Å². The molecule has 1 unspecified atom stereocenters. The van der Waals surface area contributed by atoms with E-state index in [9.17, 15) is 13.6 Å². The van der Waals surface area contributed by atoms with Crippen molar-refractivity contribution in [3.8, 4) is 0 Å². The molecule has 2 atom stereocenters. The van der Waals surface area contributed by atoms with Crippen molar-refractivity contribution in [1.29, 1.82) is 0 Å². The van der Waals surface area contributed by atoms with Crippen LogP contribution in [0.4, 0.5) is 14.7 Å². The van der Waals surface area contributed by atoms with Gasteiger partial charge in [0.2, 0.25) is 5.95 Å². The molecule has 1 aromatic carbocycles. The summed E-state index contributed by atoms with van der Waals surface area (Å²) in [4.78, 5) is 23.7. The van der Waals surface area contributed by atoms with Crippen LogP contribution in [-0.2, 0) is 13.1 Å². The fourth-order valence-corrected chi connectivity index (χ4v) is 4.24. The molecule has 3 heterocycles. The zero-order chi connectivity index (χ0) is 24.3. The first kappa shape index (κ1) is 24.3. The van der Waals surface area contributed by atoms with E-state index in [2.05, 4.69) is 34.0 Å². The summed E-state index contributed by atoms with van der Waals surface area (Å²) in [6.45, 7) is 8.42. The maximum atomic E-state index is 13.4. The van der Waals surface area contributed by atoms with Crippen LogP contribution >= 0.6 is 0 Å². The molecule has 34 heavy (non-hydrogen) atoms. The Morgan fingerprint density at radius 1 is 1.09 bits per heavy atom. The lowest BCUT2D eigenvalue weighted by molar-refractivity contribution is -0.0566. The molecule has 0 bridgehead atoms. The molecule has 3 aromatic rings. The monoisotopic (exact) mass is 469 g/mol. The summed E-state index contributed by atoms with van der Waals surface area (Å²) in [6.07, 6.45) is 2.59. The molecule has 182 valence electrons. The fourth-order valence-electron chi connectivity index (χ4n) is 4.24. The fraction of sp³-hybridized carbons (Fsp3) is 0.500. The van der Waals surface area contributed by atoms with E-state index in [1.807, 2.05) is 31.2 Å². The second kappa shape index (κ2) is 10.2. The highest BCUT2D eigenvalue weighted by Crippen LogP contribution is 2.28. The molecule has 0 saturated carbocycles. The van der Waals surface area contributed by atoms with Gasteiger partial charge < -0.3 is 5.32 Å². The lowest BCUT2D eigenvalue weighted by Gasteiger charge is -2.31. The Hall–Kier alpha value is -2.87. The number of aromatic nitrogens is 3. The summed E-state index contributed by atoms with van der Waals surface area (Å²) in [6, 6.07) is 11.5. The quantitative estimate of drug-likeness (QED) is 0.489. The topological polar surface area (TPSA) is 63.1 Å². The molecule has 8 heteroatoms. The number of benzene rings is 1. The van der Waals surface area contributed by atoms with Gasteiger partial charge in [0.15, 0.2) is 0 Å². The number of likely N-dealkylation sites (tertiary alicyclic amines) is 1. The summed E-state index contributed by atoms with van der Waals surface area (Å²) >= 11 is 0. The molecule has 0 aliphatic carbocycles. The molecule has 4 rings (SSSR count). The number of pyridine rings is 1. The molecule has 1 fully saturated rings. The van der Waals surface area contributed by atoms with Gasteiger partial charge in [0.25, 0.3) is 11.5 Å². The third kappa shape index (κ3) is 5.78. The zero-order valence-electron chi connectivity index (χ0n) is 20.1. The van der Waals surface area contributed by atoms with Crippen molar-refractivity contribution < 1.29 is 8.78 Å². The van der Waals surface area contributed by atoms with Crippen LogP contribution in [0.3, 0.4) is 0 Å². The third-order valence-corrected chi connectivity index (χ3v) is 6.73. The molecule has 0 radical (unpaired) electrons. The zero-order valence-corrected chi connectivity index (χ0v) is 20.1. The normalized spacial score (nSPS) is 18.0. The second-order valence-corrected chi connectivity index (χ2v) is 9.51. The standard InChI is InChI=1S/C26H33F2N5O/c1-4-18(2)16-33-23(34)10-9-22-15-29-25(31-24(22)33)30-19(3)21-7-5-20(6-8-21)17-32-13-11-26(27,28)12-14-32/h5-10,15,18-19H,4,11-14,16-17H2,1-3H3,(H,29,30,31)/t18?,19-/m0/s1. The van der Waals surface area contributed by atoms with Crippen LogP contribution in [0.25, 0.3) is 11.0 Å². The van der Waals surface area contributed by atoms with Crippen LogP contribution in [0, 0.1) is 5.92 Å². The van der Waals surface area contributed by atoms with Crippen molar-refractivity contribution in [3.05, 3.63) is 64.1 Å². The van der Waals surface area contributed by atoms with E-state index in [0.717, 1.165) is 22.9 Å². The summed E-state index contributed by atoms with van der Waals surface area (Å²) in [5, 5.41) is 4.18. The van der Waals surface area contributed by atoms with Crippen LogP contribution in [0.2, 0.25) is 0 Å². The van der Waals surface area contributed by atoms with E-state index in [1.54, 1.807) is 22.9 Å². The first-order chi connectivity index (χ1) is 16.2. The molecular weight excluding hydrogens is 436 g/mol. The van der Waals surface area contributed by atoms with E-state index in [0.29, 0.717) is 43.7 Å². The van der Waals surface area contributed by atoms with Crippen molar-refractivity contribution in [3.63, 3.8) is 0 Å². The van der Waals surface area contributed by atoms with E-state index in [-0.39, 0.29) is 24.4 Å². The van der Waals surface area contributed by atoms with Gasteiger partial charge >= 0.3 is 0 Å². The number of anilines is 1. The summed E-state index contributed by atoms with van der Waals surface area (Å²) in [7, 11) is 0. The number of piperidine rings is 1. The van der Waals surface area contributed by atoms with Gasteiger partial charge in [-0.25, -0.2) is 13.8 Å². The van der Waals surface area contributed by atoms with Crippen molar-refractivity contribution in [2.24, 2.45) is 5.92 Å². The van der Waals surface area contributed by atoms with Gasteiger partial charge in [-0.1, -0.05) is 44.5 Å². The number of nitrogens with zero attached hydrogens (tertiary/aromatic N) is 4. The minimum atomic E-state index is -2.52. The summed E-state index contributed by atoms with van der Waals surface area (Å²) in [5.41, 5.74) is 2.76. The molecule has 2 aromatic heterocycles. The number of halogens is 2. The highest BCUT2D eigenvalue weighted by molar-refractivity contribution is 5.75. The number of rotatable bonds is 8. The van der Waals surface area contributed by atoms with Crippen molar-refractivity contribution in [1.82, 2.24) is 19.4 Å². The minimum absolute atomic E-state index is 0.0429. The first-order valence-corrected chi connectivity index (χ1v) is 12.1. The van der Waals surface area contributed by atoms with E-state index in [4.69, 9.17) is 0 Å². The number of fused-ring (bicyclic) bond motifs is 1. The average Bonchev–Trinajstić information content (AvgIpc) is 2.82. The molecule has 1 aliphatic rings. The van der Waals surface area contributed by atoms with Crippen LogP contribution in [0.5, 0.6) is 0 Å². The predicted octanol–water partition coefficient (Wildman–Crippen LogP) is 5.24. The van der Waals surface area contributed by atoms with E-state index in [1.165, 1.54) is 0 Å². The van der Waals surface area contributed by atoms with Gasteiger partial charge in [-0.05, 0) is 30.0 Å². The molecule has 1 saturated heterocycles. The number of hydrogen-bond donors (Lipinski definition) is 1. The minimum Gasteiger partial charge on any atom is -0.348 e. The first-order valence-electron chi connectivity index (χ1n) is 12.1. The number of nitrogens with one attached hydrogen (secondary N) is 1. The van der Waals surface area contributed by atoms with Gasteiger partial charge in [-0.15, -0.1) is 0 Å². The van der Waals surface area contributed by atoms with Crippen molar-refractivity contribution in [2.75, 3.05) is 18.4 Å². The van der Waals surface area contributed by atoms with Crippen LogP contribution in [-0.4, -0.2) is 38.4 Å². The number of alkyl halides is 2. The van der Waals surface area contributed by atoms with E-state index < -0.39 is 5.92 Å². The van der Waals surface area contributed by atoms with Gasteiger partial charge in [0.05, 0.1) is 6.04 Å². The van der Waals surface area contributed by atoms with Crippen LogP contribution in [0.15, 0.2) is 47.4 Å². The maximum Gasteiger partial charge on any atom is 0.252 e. The Morgan fingerprint density at radius 3 is 2.47 bits per heavy atom. The highest BCUT2D eigenvalue weighted by atomic mass is 19.3. The molecule has 0 spiro atoms. The Labute approximate surface area is 199 Å². The Morgan fingerprint density at radius 2 is 1.79 bits per heavy atom. The maximum absolute atomic E-state index is 13.4. The lowest BCUT2D eigenvalue weighted by atomic mass is 10.0. The lowest BCUT2D eigenvalue weighted by Crippen LogP contribution is -2.38. The van der Waals surface area contributed by atoms with Crippen molar-refractivity contribution >= 4 is 17.0 Å². The number of hydrogen-bond acceptors (Lipinski definition) is 5. The Kier molecular flexibility index (Phi) is 7.26. The molecule has 1 aliphatic heterocycles. The van der Waals surface area contributed by atoms with Crippen molar-refractivity contribution in [2.45, 2.75) is 65.1 Å². The molecular formula is C26H33F2N5O. The average molecular weight is 470 g/mol. The Balaban J connectivity index is 1.45. The largest absolute Gasteiger partial charge is 0.348 e. The summed E-state index contributed by atoms with van der Waals surface area (Å²) in [5.74, 6) is -1.68. The van der Waals surface area contributed by atoms with Gasteiger partial charge in [-0.2, -0.15) is 4.98 Å². The molecule has 0 amide bonds. The highest BCUT2D eigenvalue weighted by Gasteiger charge is 2.33. The van der Waals surface area contributed by atoms with Gasteiger partial charge in [0, 0.05) is 56.7 Å². The van der Waals surface area contributed by atoms with Gasteiger partial charge in [-0.3, -0.25) is 14.3 Å². The van der Waals surface area contributed by atoms with E-state index >= 15 is 0 Å². The summed E-state index contributed by atoms with van der Waals surface area (Å²) < 4.78 is 28.5. The molecule has 6 nitrogen and oxygen atoms in total. The predicted molar refractivity (Wildman–Crippen MR) is 131 cm³/mol. The molecule has 1 N–H and O–H groups in total. The smallest absolute Gasteiger partial charge is 0.252 e. The van der Waals surface area contributed by atoms with Gasteiger partial charge in [0.1, 0.15) is 5.65 Å².